The molecule has 0 saturated carbocycles. The van der Waals surface area contributed by atoms with Crippen LogP contribution in [0.2, 0.25) is 0 Å². The van der Waals surface area contributed by atoms with Gasteiger partial charge in [-0.05, 0) is 61.6 Å². The van der Waals surface area contributed by atoms with Crippen molar-refractivity contribution in [2.45, 2.75) is 44.7 Å². The summed E-state index contributed by atoms with van der Waals surface area (Å²) in [7, 11) is 1.61. The Morgan fingerprint density at radius 3 is 2.38 bits per heavy atom. The SMILES string of the molecule is COc1ccc(C(=O)N2C[C@H]3C[C@H](C2)c2ccc(NC4CCN(C(C)=O)CC4)c(=O)n2C3)cc1. The third kappa shape index (κ3) is 4.29. The number of likely N-dealkylation sites (tertiary alicyclic amines) is 2. The number of aromatic nitrogens is 1. The molecule has 2 amide bonds. The first-order valence-corrected chi connectivity index (χ1v) is 12.1. The van der Waals surface area contributed by atoms with Crippen LogP contribution in [-0.2, 0) is 11.3 Å². The number of fused-ring (bicyclic) bond motifs is 4. The van der Waals surface area contributed by atoms with Crippen molar-refractivity contribution in [2.75, 3.05) is 38.6 Å². The van der Waals surface area contributed by atoms with Crippen molar-refractivity contribution in [1.82, 2.24) is 14.4 Å². The number of hydrogen-bond donors (Lipinski definition) is 1. The molecule has 1 aromatic carbocycles. The van der Waals surface area contributed by atoms with Gasteiger partial charge >= 0.3 is 0 Å². The second kappa shape index (κ2) is 9.16. The molecule has 2 aromatic rings. The zero-order valence-electron chi connectivity index (χ0n) is 19.8. The number of ether oxygens (including phenoxy) is 1. The molecule has 0 unspecified atom stereocenters. The Morgan fingerprint density at radius 2 is 1.71 bits per heavy atom. The highest BCUT2D eigenvalue weighted by Crippen LogP contribution is 2.36. The highest BCUT2D eigenvalue weighted by Gasteiger charge is 2.37. The summed E-state index contributed by atoms with van der Waals surface area (Å²) in [5, 5.41) is 3.44. The molecule has 2 saturated heterocycles. The highest BCUT2D eigenvalue weighted by atomic mass is 16.5. The van der Waals surface area contributed by atoms with E-state index in [2.05, 4.69) is 11.4 Å². The number of piperidine rings is 2. The zero-order valence-corrected chi connectivity index (χ0v) is 19.8. The summed E-state index contributed by atoms with van der Waals surface area (Å²) in [5.74, 6) is 1.30. The molecule has 2 bridgehead atoms. The summed E-state index contributed by atoms with van der Waals surface area (Å²) >= 11 is 0. The molecule has 3 aliphatic rings. The van der Waals surface area contributed by atoms with Crippen LogP contribution in [0.1, 0.15) is 48.2 Å². The molecular formula is C26H32N4O4. The number of hydrogen-bond acceptors (Lipinski definition) is 5. The van der Waals surface area contributed by atoms with Crippen LogP contribution in [0.3, 0.4) is 0 Å². The maximum Gasteiger partial charge on any atom is 0.274 e. The van der Waals surface area contributed by atoms with Gasteiger partial charge in [0.2, 0.25) is 5.91 Å². The lowest BCUT2D eigenvalue weighted by Crippen LogP contribution is -2.49. The lowest BCUT2D eigenvalue weighted by Gasteiger charge is -2.43. The van der Waals surface area contributed by atoms with E-state index in [9.17, 15) is 14.4 Å². The molecule has 1 N–H and O–H groups in total. The van der Waals surface area contributed by atoms with Gasteiger partial charge in [0, 0.05) is 62.9 Å². The molecule has 0 radical (unpaired) electrons. The van der Waals surface area contributed by atoms with E-state index in [4.69, 9.17) is 4.74 Å². The summed E-state index contributed by atoms with van der Waals surface area (Å²) in [6.07, 6.45) is 2.69. The van der Waals surface area contributed by atoms with Crippen LogP contribution in [0.15, 0.2) is 41.2 Å². The fraction of sp³-hybridized carbons (Fsp3) is 0.500. The van der Waals surface area contributed by atoms with Crippen LogP contribution in [0.25, 0.3) is 0 Å². The van der Waals surface area contributed by atoms with Crippen molar-refractivity contribution in [3.63, 3.8) is 0 Å². The van der Waals surface area contributed by atoms with Crippen LogP contribution in [-0.4, -0.2) is 65.5 Å². The molecule has 3 aliphatic heterocycles. The van der Waals surface area contributed by atoms with Crippen molar-refractivity contribution in [3.8, 4) is 5.75 Å². The molecule has 34 heavy (non-hydrogen) atoms. The Morgan fingerprint density at radius 1 is 0.971 bits per heavy atom. The van der Waals surface area contributed by atoms with Gasteiger partial charge in [-0.1, -0.05) is 0 Å². The quantitative estimate of drug-likeness (QED) is 0.752. The predicted molar refractivity (Wildman–Crippen MR) is 129 cm³/mol. The topological polar surface area (TPSA) is 83.9 Å². The second-order valence-electron chi connectivity index (χ2n) is 9.75. The molecule has 1 aromatic heterocycles. The monoisotopic (exact) mass is 464 g/mol. The molecular weight excluding hydrogens is 432 g/mol. The third-order valence-electron chi connectivity index (χ3n) is 7.53. The molecule has 0 spiro atoms. The Balaban J connectivity index is 1.29. The molecule has 8 heteroatoms. The van der Waals surface area contributed by atoms with E-state index in [1.165, 1.54) is 0 Å². The van der Waals surface area contributed by atoms with E-state index in [0.717, 1.165) is 43.8 Å². The predicted octanol–water partition coefficient (Wildman–Crippen LogP) is 2.54. The van der Waals surface area contributed by atoms with E-state index in [1.807, 2.05) is 44.7 Å². The minimum atomic E-state index is 0.0242. The number of nitrogens with zero attached hydrogens (tertiary/aromatic N) is 3. The molecule has 2 atom stereocenters. The van der Waals surface area contributed by atoms with Crippen molar-refractivity contribution in [3.05, 3.63) is 58.0 Å². The average molecular weight is 465 g/mol. The molecule has 0 aliphatic carbocycles. The number of carbonyl (C=O) groups excluding carboxylic acids is 2. The zero-order chi connectivity index (χ0) is 23.8. The maximum atomic E-state index is 13.3. The smallest absolute Gasteiger partial charge is 0.274 e. The van der Waals surface area contributed by atoms with Gasteiger partial charge in [0.05, 0.1) is 7.11 Å². The molecule has 8 nitrogen and oxygen atoms in total. The summed E-state index contributed by atoms with van der Waals surface area (Å²) < 4.78 is 7.12. The Kier molecular flexibility index (Phi) is 6.06. The van der Waals surface area contributed by atoms with Crippen LogP contribution in [0, 0.1) is 5.92 Å². The van der Waals surface area contributed by atoms with E-state index in [1.54, 1.807) is 14.0 Å². The lowest BCUT2D eigenvalue weighted by molar-refractivity contribution is -0.129. The molecule has 4 heterocycles. The van der Waals surface area contributed by atoms with Crippen molar-refractivity contribution < 1.29 is 14.3 Å². The van der Waals surface area contributed by atoms with Gasteiger partial charge < -0.3 is 24.4 Å². The number of carbonyl (C=O) groups is 2. The van der Waals surface area contributed by atoms with Crippen LogP contribution >= 0.6 is 0 Å². The number of rotatable bonds is 4. The van der Waals surface area contributed by atoms with Crippen molar-refractivity contribution in [1.29, 1.82) is 0 Å². The largest absolute Gasteiger partial charge is 0.497 e. The van der Waals surface area contributed by atoms with Crippen molar-refractivity contribution >= 4 is 17.5 Å². The number of benzene rings is 1. The highest BCUT2D eigenvalue weighted by molar-refractivity contribution is 5.94. The Labute approximate surface area is 199 Å². The standard InChI is InChI=1S/C26H32N4O4/c1-17(31)28-11-9-21(10-12-28)27-23-7-8-24-20-13-18(15-30(24)26(23)33)14-29(16-20)25(32)19-3-5-22(34-2)6-4-19/h3-8,18,20-21,27H,9-16H2,1-2H3/t18-,20-/m1/s1. The minimum Gasteiger partial charge on any atom is -0.497 e. The molecule has 180 valence electrons. The van der Waals surface area contributed by atoms with Gasteiger partial charge in [-0.25, -0.2) is 0 Å². The number of amides is 2. The van der Waals surface area contributed by atoms with E-state index < -0.39 is 0 Å². The van der Waals surface area contributed by atoms with Gasteiger partial charge in [-0.2, -0.15) is 0 Å². The van der Waals surface area contributed by atoms with Gasteiger partial charge in [0.15, 0.2) is 0 Å². The fourth-order valence-electron chi connectivity index (χ4n) is 5.70. The maximum absolute atomic E-state index is 13.3. The van der Waals surface area contributed by atoms with E-state index >= 15 is 0 Å². The van der Waals surface area contributed by atoms with Gasteiger partial charge in [-0.15, -0.1) is 0 Å². The van der Waals surface area contributed by atoms with E-state index in [-0.39, 0.29) is 35.3 Å². The van der Waals surface area contributed by atoms with Crippen LogP contribution in [0.4, 0.5) is 5.69 Å². The first-order chi connectivity index (χ1) is 16.4. The molecule has 5 rings (SSSR count). The van der Waals surface area contributed by atoms with Gasteiger partial charge in [0.25, 0.3) is 11.5 Å². The van der Waals surface area contributed by atoms with Gasteiger partial charge in [0.1, 0.15) is 11.4 Å². The van der Waals surface area contributed by atoms with Crippen LogP contribution in [0.5, 0.6) is 5.75 Å². The number of nitrogens with one attached hydrogen (secondary N) is 1. The van der Waals surface area contributed by atoms with E-state index in [0.29, 0.717) is 30.9 Å². The number of methoxy groups -OCH3 is 1. The minimum absolute atomic E-state index is 0.0242. The Bertz CT molecular complexity index is 1130. The lowest BCUT2D eigenvalue weighted by atomic mass is 9.83. The number of pyridine rings is 1. The summed E-state index contributed by atoms with van der Waals surface area (Å²) in [6, 6.07) is 11.4. The average Bonchev–Trinajstić information content (AvgIpc) is 2.86. The summed E-state index contributed by atoms with van der Waals surface area (Å²) in [5.41, 5.74) is 2.34. The first-order valence-electron chi connectivity index (χ1n) is 12.1. The second-order valence-corrected chi connectivity index (χ2v) is 9.75. The third-order valence-corrected chi connectivity index (χ3v) is 7.53. The van der Waals surface area contributed by atoms with Gasteiger partial charge in [-0.3, -0.25) is 14.4 Å². The number of anilines is 1. The fourth-order valence-corrected chi connectivity index (χ4v) is 5.70. The first kappa shape index (κ1) is 22.5. The summed E-state index contributed by atoms with van der Waals surface area (Å²) in [4.78, 5) is 41.8. The summed E-state index contributed by atoms with van der Waals surface area (Å²) in [6.45, 7) is 4.97. The van der Waals surface area contributed by atoms with Crippen LogP contribution < -0.4 is 15.6 Å². The van der Waals surface area contributed by atoms with Crippen molar-refractivity contribution in [2.24, 2.45) is 5.92 Å². The Hall–Kier alpha value is -3.29. The normalized spacial score (nSPS) is 22.2. The molecule has 2 fully saturated rings.